The Morgan fingerprint density at radius 2 is 1.20 bits per heavy atom. The minimum Gasteiger partial charge on any atom is -0.462 e. The maximum Gasteiger partial charge on any atom is 0.303 e. The van der Waals surface area contributed by atoms with E-state index in [1.165, 1.54) is 34.6 Å². The molecule has 12 atom stereocenters. The zero-order chi connectivity index (χ0) is 30.2. The quantitative estimate of drug-likeness (QED) is 0.245. The predicted octanol–water partition coefficient (Wildman–Crippen LogP) is 0.657. The summed E-state index contributed by atoms with van der Waals surface area (Å²) in [6.07, 6.45) is -7.41. The predicted molar refractivity (Wildman–Crippen MR) is 135 cm³/mol. The Bertz CT molecular complexity index is 1060. The maximum atomic E-state index is 12.6. The number of esters is 4. The summed E-state index contributed by atoms with van der Waals surface area (Å²) in [7, 11) is 0. The number of fused-ring (bicyclic) bond motifs is 4. The third kappa shape index (κ3) is 4.60. The van der Waals surface area contributed by atoms with E-state index in [9.17, 15) is 34.5 Å². The third-order valence-corrected chi connectivity index (χ3v) is 10.1. The summed E-state index contributed by atoms with van der Waals surface area (Å²) in [6.45, 7) is 11.7. The van der Waals surface area contributed by atoms with Crippen LogP contribution in [0.5, 0.6) is 0 Å². The summed E-state index contributed by atoms with van der Waals surface area (Å²) in [4.78, 5) is 49.3. The van der Waals surface area contributed by atoms with E-state index in [2.05, 4.69) is 0 Å². The van der Waals surface area contributed by atoms with E-state index >= 15 is 0 Å². The van der Waals surface area contributed by atoms with Gasteiger partial charge in [-0.15, -0.1) is 0 Å². The van der Waals surface area contributed by atoms with Crippen LogP contribution >= 0.6 is 0 Å². The van der Waals surface area contributed by atoms with Gasteiger partial charge in [-0.3, -0.25) is 19.2 Å². The van der Waals surface area contributed by atoms with E-state index in [0.717, 1.165) is 0 Å². The summed E-state index contributed by atoms with van der Waals surface area (Å²) in [5, 5.41) is 35.9. The Balaban J connectivity index is 2.02. The Morgan fingerprint density at radius 1 is 0.725 bits per heavy atom. The molecule has 3 N–H and O–H groups in total. The first-order valence-corrected chi connectivity index (χ1v) is 13.7. The Hall–Kier alpha value is -2.28. The van der Waals surface area contributed by atoms with Crippen molar-refractivity contribution >= 4 is 23.9 Å². The van der Waals surface area contributed by atoms with Gasteiger partial charge in [0.25, 0.3) is 0 Å². The highest BCUT2D eigenvalue weighted by Crippen LogP contribution is 2.66. The van der Waals surface area contributed by atoms with Gasteiger partial charge in [0.05, 0.1) is 18.8 Å². The van der Waals surface area contributed by atoms with Gasteiger partial charge in [0.15, 0.2) is 0 Å². The molecule has 1 aliphatic heterocycles. The first-order valence-electron chi connectivity index (χ1n) is 13.7. The summed E-state index contributed by atoms with van der Waals surface area (Å²) in [5.41, 5.74) is -5.55. The largest absolute Gasteiger partial charge is 0.462 e. The van der Waals surface area contributed by atoms with Gasteiger partial charge in [0, 0.05) is 57.3 Å². The van der Waals surface area contributed by atoms with Gasteiger partial charge < -0.3 is 39.0 Å². The number of rotatable bonds is 4. The van der Waals surface area contributed by atoms with Crippen LogP contribution in [-0.4, -0.2) is 93.6 Å². The van der Waals surface area contributed by atoms with E-state index < -0.39 is 100 Å². The summed E-state index contributed by atoms with van der Waals surface area (Å²) in [6, 6.07) is 0. The molecule has 12 heteroatoms. The minimum absolute atomic E-state index is 0.0495. The van der Waals surface area contributed by atoms with Crippen LogP contribution in [0.15, 0.2) is 0 Å². The van der Waals surface area contributed by atoms with Crippen LogP contribution in [0.4, 0.5) is 0 Å². The third-order valence-electron chi connectivity index (χ3n) is 10.1. The molecule has 4 fully saturated rings. The van der Waals surface area contributed by atoms with Crippen molar-refractivity contribution in [2.75, 3.05) is 6.61 Å². The van der Waals surface area contributed by atoms with Gasteiger partial charge in [-0.25, -0.2) is 0 Å². The molecule has 0 aromatic carbocycles. The van der Waals surface area contributed by atoms with Crippen LogP contribution in [0.1, 0.15) is 68.2 Å². The fraction of sp³-hybridized carbons (Fsp3) is 0.857. The Morgan fingerprint density at radius 3 is 1.68 bits per heavy atom. The normalized spacial score (nSPS) is 47.1. The van der Waals surface area contributed by atoms with Crippen LogP contribution in [0.3, 0.4) is 0 Å². The lowest BCUT2D eigenvalue weighted by Crippen LogP contribution is -2.76. The summed E-state index contributed by atoms with van der Waals surface area (Å²) in [5.74, 6) is -5.23. The SMILES string of the molecule is CC(=O)O[C@@H]1C2[C@@](C)([C@@H](O)C[C@H](OC(C)=O)[C@]23CO3)[C@@H](O)[C@H](OC(C)=O)C2C(C)(C)[C@@H]1C[C@H](OC(C)=O)C2(C)O. The molecule has 1 spiro atoms. The number of carbonyl (C=O) groups excluding carboxylic acids is 4. The lowest BCUT2D eigenvalue weighted by atomic mass is 9.43. The van der Waals surface area contributed by atoms with Crippen molar-refractivity contribution in [3.8, 4) is 0 Å². The maximum absolute atomic E-state index is 12.6. The molecular formula is C28H42O12. The molecule has 4 rings (SSSR count). The smallest absolute Gasteiger partial charge is 0.303 e. The minimum atomic E-state index is -1.80. The second-order valence-electron chi connectivity index (χ2n) is 13.0. The molecule has 0 amide bonds. The molecule has 226 valence electrons. The van der Waals surface area contributed by atoms with Gasteiger partial charge in [-0.2, -0.15) is 0 Å². The molecule has 12 nitrogen and oxygen atoms in total. The van der Waals surface area contributed by atoms with Gasteiger partial charge in [0.2, 0.25) is 0 Å². The number of aliphatic hydroxyl groups excluding tert-OH is 2. The molecule has 3 unspecified atom stereocenters. The highest BCUT2D eigenvalue weighted by atomic mass is 16.6. The van der Waals surface area contributed by atoms with Crippen molar-refractivity contribution in [3.63, 3.8) is 0 Å². The van der Waals surface area contributed by atoms with E-state index in [4.69, 9.17) is 23.7 Å². The zero-order valence-electron chi connectivity index (χ0n) is 24.3. The second-order valence-corrected chi connectivity index (χ2v) is 13.0. The first kappa shape index (κ1) is 30.7. The van der Waals surface area contributed by atoms with Crippen molar-refractivity contribution in [1.29, 1.82) is 0 Å². The zero-order valence-corrected chi connectivity index (χ0v) is 24.3. The van der Waals surface area contributed by atoms with Gasteiger partial charge >= 0.3 is 23.9 Å². The number of carbonyl (C=O) groups is 4. The molecule has 4 aliphatic rings. The van der Waals surface area contributed by atoms with E-state index in [1.807, 2.05) is 13.8 Å². The molecule has 2 bridgehead atoms. The molecule has 0 radical (unpaired) electrons. The number of aliphatic hydroxyl groups is 3. The lowest BCUT2D eigenvalue weighted by Gasteiger charge is -2.65. The first-order chi connectivity index (χ1) is 18.3. The highest BCUT2D eigenvalue weighted by molar-refractivity contribution is 5.68. The molecule has 3 saturated carbocycles. The van der Waals surface area contributed by atoms with Crippen molar-refractivity contribution in [3.05, 3.63) is 0 Å². The summed E-state index contributed by atoms with van der Waals surface area (Å²) >= 11 is 0. The molecule has 1 saturated heterocycles. The number of epoxide rings is 1. The molecule has 0 aromatic heterocycles. The topological polar surface area (TPSA) is 178 Å². The van der Waals surface area contributed by atoms with Crippen LogP contribution in [0.25, 0.3) is 0 Å². The number of hydrogen-bond acceptors (Lipinski definition) is 12. The average molecular weight is 571 g/mol. The fourth-order valence-corrected chi connectivity index (χ4v) is 8.47. The molecule has 3 aliphatic carbocycles. The molecule has 0 aromatic rings. The van der Waals surface area contributed by atoms with Gasteiger partial charge in [-0.1, -0.05) is 20.8 Å². The lowest BCUT2D eigenvalue weighted by molar-refractivity contribution is -0.304. The van der Waals surface area contributed by atoms with Crippen molar-refractivity contribution < 1.29 is 58.2 Å². The fourth-order valence-electron chi connectivity index (χ4n) is 8.47. The number of hydrogen-bond donors (Lipinski definition) is 3. The van der Waals surface area contributed by atoms with Crippen molar-refractivity contribution in [2.45, 2.75) is 116 Å². The van der Waals surface area contributed by atoms with E-state index in [1.54, 1.807) is 6.92 Å². The van der Waals surface area contributed by atoms with E-state index in [0.29, 0.717) is 0 Å². The van der Waals surface area contributed by atoms with Crippen LogP contribution in [0.2, 0.25) is 0 Å². The highest BCUT2D eigenvalue weighted by Gasteiger charge is 2.78. The molecule has 40 heavy (non-hydrogen) atoms. The van der Waals surface area contributed by atoms with E-state index in [-0.39, 0.29) is 19.4 Å². The second kappa shape index (κ2) is 9.92. The van der Waals surface area contributed by atoms with Gasteiger partial charge in [0.1, 0.15) is 35.6 Å². The van der Waals surface area contributed by atoms with Gasteiger partial charge in [-0.05, 0) is 18.8 Å². The standard InChI is InChI=1S/C28H42O12/c1-12(29)37-18-9-16-20(39-14(3)31)23-26(7,17(33)10-19(38-13(2)30)28(23)11-36-28)24(34)21(40-15(4)32)22(25(16,5)6)27(18,8)35/h16-24,33-35H,9-11H2,1-8H3/t16-,17+,18+,19+,20+,21-,22?,23?,24+,26-,27?,28-/m1/s1. The Labute approximate surface area is 233 Å². The average Bonchev–Trinajstić information content (AvgIpc) is 3.57. The molecular weight excluding hydrogens is 528 g/mol. The van der Waals surface area contributed by atoms with Crippen molar-refractivity contribution in [2.24, 2.45) is 28.6 Å². The number of ether oxygens (including phenoxy) is 5. The summed E-state index contributed by atoms with van der Waals surface area (Å²) < 4.78 is 29.0. The van der Waals surface area contributed by atoms with Crippen LogP contribution < -0.4 is 0 Å². The van der Waals surface area contributed by atoms with Crippen molar-refractivity contribution in [1.82, 2.24) is 0 Å². The molecule has 1 heterocycles. The van der Waals surface area contributed by atoms with Crippen LogP contribution in [0, 0.1) is 28.6 Å². The monoisotopic (exact) mass is 570 g/mol. The Kier molecular flexibility index (Phi) is 7.61. The van der Waals surface area contributed by atoms with Crippen LogP contribution in [-0.2, 0) is 42.9 Å².